The summed E-state index contributed by atoms with van der Waals surface area (Å²) >= 11 is 0. The summed E-state index contributed by atoms with van der Waals surface area (Å²) in [5, 5.41) is 61.6. The maximum atomic E-state index is 2.55. The van der Waals surface area contributed by atoms with Crippen LogP contribution in [0.1, 0.15) is 69.9 Å². The molecule has 132 heavy (non-hydrogen) atoms. The van der Waals surface area contributed by atoms with E-state index in [0.717, 1.165) is 25.7 Å². The molecule has 0 aromatic heterocycles. The van der Waals surface area contributed by atoms with Crippen molar-refractivity contribution in [3.8, 4) is 22.3 Å². The Balaban J connectivity index is 0.00000801. The fourth-order valence-electron chi connectivity index (χ4n) is 27.5. The van der Waals surface area contributed by atoms with Gasteiger partial charge in [0, 0.05) is 0 Å². The maximum Gasteiger partial charge on any atom is 1.00 e. The Kier molecular flexibility index (Phi) is 12.5. The summed E-state index contributed by atoms with van der Waals surface area (Å²) < 4.78 is 0. The molecule has 30 aromatic rings. The average molecular weight is 1660 g/mol. The normalized spacial score (nSPS) is 14.7. The van der Waals surface area contributed by atoms with Gasteiger partial charge in [0.25, 0.3) is 0 Å². The van der Waals surface area contributed by atoms with Gasteiger partial charge in [-0.05, 0) is 409 Å². The zero-order valence-electron chi connectivity index (χ0n) is 72.6. The molecule has 0 amide bonds. The van der Waals surface area contributed by atoms with Gasteiger partial charge in [-0.1, -0.05) is 352 Å². The van der Waals surface area contributed by atoms with Crippen LogP contribution in [0.5, 0.6) is 0 Å². The van der Waals surface area contributed by atoms with Crippen LogP contribution in [0.15, 0.2) is 364 Å². The van der Waals surface area contributed by atoms with Crippen molar-refractivity contribution in [3.05, 3.63) is 420 Å². The highest BCUT2D eigenvalue weighted by atomic mass is 14.4. The molecule has 0 bridgehead atoms. The van der Waals surface area contributed by atoms with Crippen LogP contribution >= 0.6 is 0 Å². The fraction of sp³-hybridized carbons (Fsp3) is 0.0303. The second-order valence-corrected chi connectivity index (χ2v) is 39.2. The average Bonchev–Trinajstić information content (AvgIpc) is 1.52. The topological polar surface area (TPSA) is 0 Å². The monoisotopic (exact) mass is 1660 g/mol. The van der Waals surface area contributed by atoms with E-state index in [0.29, 0.717) is 0 Å². The molecule has 4 aliphatic carbocycles. The van der Waals surface area contributed by atoms with Crippen molar-refractivity contribution in [3.63, 3.8) is 0 Å². The third kappa shape index (κ3) is 8.54. The van der Waals surface area contributed by atoms with Crippen LogP contribution in [0.2, 0.25) is 0 Å². The molecule has 0 heterocycles. The Morgan fingerprint density at radius 1 is 0.129 bits per heavy atom. The Morgan fingerprint density at radius 3 is 0.583 bits per heavy atom. The molecule has 0 saturated carbocycles. The summed E-state index contributed by atoms with van der Waals surface area (Å²) in [6.07, 6.45) is 18.3. The molecule has 0 saturated heterocycles. The van der Waals surface area contributed by atoms with Gasteiger partial charge in [0.05, 0.1) is 0 Å². The van der Waals surface area contributed by atoms with Gasteiger partial charge in [0.2, 0.25) is 0 Å². The molecule has 0 fully saturated rings. The summed E-state index contributed by atoms with van der Waals surface area (Å²) in [6, 6.07) is 133. The first-order valence-electron chi connectivity index (χ1n) is 47.1. The van der Waals surface area contributed by atoms with Gasteiger partial charge < -0.3 is 0 Å². The Labute approximate surface area is 756 Å². The van der Waals surface area contributed by atoms with Crippen LogP contribution in [0.3, 0.4) is 0 Å². The quantitative estimate of drug-likeness (QED) is 0.133. The molecule has 0 atom stereocenters. The number of benzene rings is 28. The molecule has 0 unspecified atom stereocenters. The number of fused-ring (bicyclic) bond motifs is 10. The van der Waals surface area contributed by atoms with E-state index in [-0.39, 0.29) is 1.43 Å². The van der Waals surface area contributed by atoms with Crippen LogP contribution in [0, 0.1) is 0 Å². The van der Waals surface area contributed by atoms with Gasteiger partial charge in [0.15, 0.2) is 0 Å². The second-order valence-electron chi connectivity index (χ2n) is 39.2. The summed E-state index contributed by atoms with van der Waals surface area (Å²) in [6.45, 7) is 0. The zero-order valence-corrected chi connectivity index (χ0v) is 71.6. The van der Waals surface area contributed by atoms with E-state index < -0.39 is 0 Å². The molecule has 0 spiro atoms. The number of rotatable bonds is 8. The minimum Gasteiger partial charge on any atom is -0.0610 e. The molecule has 0 heteroatoms. The Morgan fingerprint density at radius 2 is 0.311 bits per heavy atom. The zero-order chi connectivity index (χ0) is 84.8. The molecular formula is C132H71+. The highest BCUT2D eigenvalue weighted by molar-refractivity contribution is 6.40. The number of hydrogen-bond acceptors (Lipinski definition) is 0. The summed E-state index contributed by atoms with van der Waals surface area (Å²) in [7, 11) is 0. The van der Waals surface area contributed by atoms with E-state index in [1.165, 1.54) is 359 Å². The summed E-state index contributed by atoms with van der Waals surface area (Å²) in [5.41, 5.74) is 27.3. The lowest BCUT2D eigenvalue weighted by Gasteiger charge is -2.21. The third-order valence-electron chi connectivity index (χ3n) is 33.2. The van der Waals surface area contributed by atoms with Gasteiger partial charge in [0.1, 0.15) is 0 Å². The molecular weight excluding hydrogens is 1590 g/mol. The van der Waals surface area contributed by atoms with Crippen molar-refractivity contribution in [2.45, 2.75) is 25.7 Å². The van der Waals surface area contributed by atoms with E-state index in [9.17, 15) is 0 Å². The lowest BCUT2D eigenvalue weighted by atomic mass is 9.82. The Bertz CT molecular complexity index is 10800. The molecule has 4 aliphatic rings. The maximum absolute atomic E-state index is 2.55. The first-order chi connectivity index (χ1) is 65.4. The van der Waals surface area contributed by atoms with Gasteiger partial charge >= 0.3 is 1.43 Å². The molecule has 0 nitrogen and oxygen atoms in total. The van der Waals surface area contributed by atoms with Crippen molar-refractivity contribution in [2.24, 2.45) is 0 Å². The molecule has 598 valence electrons. The molecule has 34 rings (SSSR count). The first kappa shape index (κ1) is 68.5. The molecule has 0 radical (unpaired) electrons. The largest absolute Gasteiger partial charge is 1.00 e. The summed E-state index contributed by atoms with van der Waals surface area (Å²) in [4.78, 5) is 0. The third-order valence-corrected chi connectivity index (χ3v) is 33.2. The second kappa shape index (κ2) is 24.0. The van der Waals surface area contributed by atoms with Crippen LogP contribution in [0.4, 0.5) is 0 Å². The minimum atomic E-state index is 0. The van der Waals surface area contributed by atoms with E-state index in [1.54, 1.807) is 0 Å². The predicted octanol–water partition coefficient (Wildman–Crippen LogP) is 36.5. The lowest BCUT2D eigenvalue weighted by Crippen LogP contribution is -1.97. The van der Waals surface area contributed by atoms with E-state index in [2.05, 4.69) is 376 Å². The molecule has 30 aromatic carbocycles. The van der Waals surface area contributed by atoms with Crippen molar-refractivity contribution in [1.29, 1.82) is 0 Å². The first-order valence-corrected chi connectivity index (χ1v) is 47.1. The highest BCUT2D eigenvalue weighted by Gasteiger charge is 2.33. The smallest absolute Gasteiger partial charge is 0.0610 e. The van der Waals surface area contributed by atoms with Crippen LogP contribution in [0.25, 0.3) is 316 Å². The van der Waals surface area contributed by atoms with Crippen molar-refractivity contribution < 1.29 is 1.43 Å². The summed E-state index contributed by atoms with van der Waals surface area (Å²) in [5.74, 6) is 0. The van der Waals surface area contributed by atoms with Crippen molar-refractivity contribution in [1.82, 2.24) is 0 Å². The van der Waals surface area contributed by atoms with Crippen molar-refractivity contribution in [2.75, 3.05) is 0 Å². The number of allylic oxidation sites excluding steroid dienone is 10. The SMILES string of the molecule is C1=C(c2ccc3ccc4c(C5=Cc6c(c7c6cc6ccc8c(-c9ccc%10ccc%11c(C%12=CC=C(c%13ccc%14ccc%15c(C%16=Cc%17c(c%18c%17cc%17ccc%19cccc%20ccc%18c%17c%19%20)C%16)ccc%16ccc%13c%14c%16%15)C%12)ccc%12ccc9c%10c%12%11)ccc9ccc7c6c98)C5)ccc5ccc2c3c54)CC(c2ccc3ccc4c(-c5ccc6ccc7cccc8ccc5c6c78)ccc5ccc2c3c54)=C1.[H+]. The van der Waals surface area contributed by atoms with Crippen LogP contribution in [-0.2, 0) is 12.8 Å². The van der Waals surface area contributed by atoms with E-state index in [1.807, 2.05) is 0 Å². The lowest BCUT2D eigenvalue weighted by molar-refractivity contribution is 1.35. The van der Waals surface area contributed by atoms with Crippen LogP contribution < -0.4 is 0 Å². The van der Waals surface area contributed by atoms with Crippen molar-refractivity contribution >= 4 is 293 Å². The highest BCUT2D eigenvalue weighted by Crippen LogP contribution is 2.58. The van der Waals surface area contributed by atoms with Gasteiger partial charge in [-0.25, -0.2) is 0 Å². The predicted molar refractivity (Wildman–Crippen MR) is 572 cm³/mol. The molecule has 0 aliphatic heterocycles. The van der Waals surface area contributed by atoms with Gasteiger partial charge in [-0.2, -0.15) is 0 Å². The number of hydrogen-bond donors (Lipinski definition) is 0. The van der Waals surface area contributed by atoms with E-state index in [4.69, 9.17) is 0 Å². The Hall–Kier alpha value is -16.6. The van der Waals surface area contributed by atoms with Gasteiger partial charge in [-0.15, -0.1) is 0 Å². The van der Waals surface area contributed by atoms with Crippen LogP contribution in [-0.4, -0.2) is 0 Å². The van der Waals surface area contributed by atoms with Gasteiger partial charge in [-0.3, -0.25) is 0 Å². The fourth-order valence-corrected chi connectivity index (χ4v) is 27.5. The molecule has 0 N–H and O–H groups in total. The standard InChI is InChI=1S/C132H70/c1-3-67-7-8-71-21-43-95(105-53-25-69(5-1)117(67)119(71)105)96-44-22-78-28-49-101-91(39-17-74-32-54-106(96)126(78)122(74)101)83-12-10-81(59-83)90-38-16-73-31-52-104-94(42-20-77-27-48-100(90)121(73)125(77)104)88-64-112-114-62-86-36-56-108-98(46-24-80-35-58-110(130(86)128(80)108)132(114)116(112)66-88)97-45-23-79-29-50-102-92(40-18-75-33-55-107(97)127(79)123(75)102)84-13-11-82(60-84)89-37-15-72-30-51-103-93(41-19-76-26-47-99(89)120(72)124(76)103)87-63-111-113-61-85-14-9-68-4-2-6-70-34-57-109(129(85)118(68)70)131(113)115(111)65-87/h1-58,61-64H,59-60,65-66H2/p+1. The van der Waals surface area contributed by atoms with E-state index >= 15 is 0 Å². The minimum absolute atomic E-state index is 0.